The predicted octanol–water partition coefficient (Wildman–Crippen LogP) is 2.83. The van der Waals surface area contributed by atoms with E-state index in [1.165, 1.54) is 25.0 Å². The summed E-state index contributed by atoms with van der Waals surface area (Å²) >= 11 is 0. The molecule has 0 bridgehead atoms. The van der Waals surface area contributed by atoms with Crippen molar-refractivity contribution in [3.8, 4) is 0 Å². The van der Waals surface area contributed by atoms with Gasteiger partial charge < -0.3 is 4.90 Å². The van der Waals surface area contributed by atoms with E-state index in [1.54, 1.807) is 6.07 Å². The second kappa shape index (κ2) is 5.17. The Hall–Kier alpha value is -1.42. The molecule has 3 atom stereocenters. The third-order valence-electron chi connectivity index (χ3n) is 4.51. The van der Waals surface area contributed by atoms with E-state index in [2.05, 4.69) is 12.2 Å². The summed E-state index contributed by atoms with van der Waals surface area (Å²) in [6, 6.07) is 6.63. The summed E-state index contributed by atoms with van der Waals surface area (Å²) in [5.74, 6) is 0.504. The molecular formula is C16H21FN2O. The fourth-order valence-corrected chi connectivity index (χ4v) is 3.12. The van der Waals surface area contributed by atoms with Crippen LogP contribution in [0.4, 0.5) is 4.39 Å². The Morgan fingerprint density at radius 2 is 2.20 bits per heavy atom. The van der Waals surface area contributed by atoms with Crippen molar-refractivity contribution in [2.24, 2.45) is 5.92 Å². The van der Waals surface area contributed by atoms with Crippen molar-refractivity contribution in [1.82, 2.24) is 10.2 Å². The van der Waals surface area contributed by atoms with Crippen molar-refractivity contribution in [3.63, 3.8) is 0 Å². The molecule has 1 aliphatic carbocycles. The molecule has 4 heteroatoms. The summed E-state index contributed by atoms with van der Waals surface area (Å²) in [6.07, 6.45) is 2.95. The fraction of sp³-hybridized carbons (Fsp3) is 0.562. The number of rotatable bonds is 4. The van der Waals surface area contributed by atoms with E-state index >= 15 is 0 Å². The minimum atomic E-state index is -0.254. The van der Waals surface area contributed by atoms with Crippen molar-refractivity contribution < 1.29 is 9.18 Å². The first-order valence-electron chi connectivity index (χ1n) is 7.45. The molecule has 1 N–H and O–H groups in total. The van der Waals surface area contributed by atoms with Crippen LogP contribution in [0, 0.1) is 11.7 Å². The van der Waals surface area contributed by atoms with Crippen molar-refractivity contribution in [3.05, 3.63) is 35.6 Å². The standard InChI is InChI=1S/C16H21FN2O/c1-3-14-16(20)19(10(2)11-7-8-11)15(18-14)12-5-4-6-13(17)9-12/h4-6,9-11,14-15,18H,3,7-8H2,1-2H3. The van der Waals surface area contributed by atoms with Gasteiger partial charge in [0.2, 0.25) is 5.91 Å². The lowest BCUT2D eigenvalue weighted by molar-refractivity contribution is -0.132. The topological polar surface area (TPSA) is 32.3 Å². The van der Waals surface area contributed by atoms with Gasteiger partial charge >= 0.3 is 0 Å². The molecule has 20 heavy (non-hydrogen) atoms. The average molecular weight is 276 g/mol. The number of nitrogens with one attached hydrogen (secondary N) is 1. The summed E-state index contributed by atoms with van der Waals surface area (Å²) in [5, 5.41) is 3.36. The quantitative estimate of drug-likeness (QED) is 0.917. The zero-order chi connectivity index (χ0) is 14.3. The van der Waals surface area contributed by atoms with Crippen molar-refractivity contribution in [2.45, 2.75) is 51.4 Å². The molecule has 2 fully saturated rings. The Kier molecular flexibility index (Phi) is 3.50. The maximum Gasteiger partial charge on any atom is 0.241 e. The highest BCUT2D eigenvalue weighted by Gasteiger charge is 2.45. The smallest absolute Gasteiger partial charge is 0.241 e. The predicted molar refractivity (Wildman–Crippen MR) is 75.4 cm³/mol. The fourth-order valence-electron chi connectivity index (χ4n) is 3.12. The minimum Gasteiger partial charge on any atom is -0.319 e. The molecule has 1 saturated carbocycles. The molecule has 1 saturated heterocycles. The molecule has 3 rings (SSSR count). The van der Waals surface area contributed by atoms with Crippen LogP contribution in [0.2, 0.25) is 0 Å². The third-order valence-corrected chi connectivity index (χ3v) is 4.51. The molecule has 3 unspecified atom stereocenters. The van der Waals surface area contributed by atoms with E-state index in [0.29, 0.717) is 5.92 Å². The lowest BCUT2D eigenvalue weighted by Crippen LogP contribution is -2.39. The van der Waals surface area contributed by atoms with E-state index in [0.717, 1.165) is 12.0 Å². The minimum absolute atomic E-state index is 0.149. The van der Waals surface area contributed by atoms with E-state index in [1.807, 2.05) is 17.9 Å². The molecule has 1 aliphatic heterocycles. The van der Waals surface area contributed by atoms with Gasteiger partial charge in [-0.1, -0.05) is 19.1 Å². The molecule has 0 spiro atoms. The molecular weight excluding hydrogens is 255 g/mol. The number of carbonyl (C=O) groups excluding carboxylic acids is 1. The largest absolute Gasteiger partial charge is 0.319 e. The number of hydrogen-bond donors (Lipinski definition) is 1. The van der Waals surface area contributed by atoms with Crippen LogP contribution in [0.5, 0.6) is 0 Å². The third kappa shape index (κ3) is 2.33. The highest BCUT2D eigenvalue weighted by molar-refractivity contribution is 5.84. The Bertz CT molecular complexity index is 515. The van der Waals surface area contributed by atoms with Gasteiger partial charge in [0.05, 0.1) is 6.04 Å². The van der Waals surface area contributed by atoms with Gasteiger partial charge in [0.25, 0.3) is 0 Å². The van der Waals surface area contributed by atoms with Crippen molar-refractivity contribution in [1.29, 1.82) is 0 Å². The number of nitrogens with zero attached hydrogens (tertiary/aromatic N) is 1. The first kappa shape index (κ1) is 13.6. The van der Waals surface area contributed by atoms with Gasteiger partial charge in [0.15, 0.2) is 0 Å². The molecule has 1 aromatic carbocycles. The summed E-state index contributed by atoms with van der Waals surface area (Å²) in [7, 11) is 0. The summed E-state index contributed by atoms with van der Waals surface area (Å²) in [4.78, 5) is 14.5. The van der Waals surface area contributed by atoms with E-state index in [-0.39, 0.29) is 30.0 Å². The number of halogens is 1. The van der Waals surface area contributed by atoms with Crippen LogP contribution in [0.15, 0.2) is 24.3 Å². The molecule has 3 nitrogen and oxygen atoms in total. The highest BCUT2D eigenvalue weighted by atomic mass is 19.1. The van der Waals surface area contributed by atoms with E-state index < -0.39 is 0 Å². The van der Waals surface area contributed by atoms with Gasteiger partial charge in [0.1, 0.15) is 12.0 Å². The second-order valence-corrected chi connectivity index (χ2v) is 5.91. The number of hydrogen-bond acceptors (Lipinski definition) is 2. The summed E-state index contributed by atoms with van der Waals surface area (Å²) < 4.78 is 13.5. The highest BCUT2D eigenvalue weighted by Crippen LogP contribution is 2.40. The molecule has 108 valence electrons. The van der Waals surface area contributed by atoms with Crippen molar-refractivity contribution in [2.75, 3.05) is 0 Å². The first-order valence-corrected chi connectivity index (χ1v) is 7.45. The maximum atomic E-state index is 13.5. The lowest BCUT2D eigenvalue weighted by Gasteiger charge is -2.30. The maximum absolute atomic E-state index is 13.5. The Balaban J connectivity index is 1.91. The van der Waals surface area contributed by atoms with Crippen LogP contribution in [0.25, 0.3) is 0 Å². The molecule has 1 heterocycles. The zero-order valence-electron chi connectivity index (χ0n) is 12.0. The number of amides is 1. The molecule has 1 aromatic rings. The van der Waals surface area contributed by atoms with Crippen LogP contribution in [-0.2, 0) is 4.79 Å². The van der Waals surface area contributed by atoms with Crippen LogP contribution in [0.3, 0.4) is 0 Å². The summed E-state index contributed by atoms with van der Waals surface area (Å²) in [5.41, 5.74) is 0.835. The van der Waals surface area contributed by atoms with Crippen LogP contribution < -0.4 is 5.32 Å². The number of benzene rings is 1. The first-order chi connectivity index (χ1) is 9.61. The zero-order valence-corrected chi connectivity index (χ0v) is 12.0. The van der Waals surface area contributed by atoms with Gasteiger partial charge in [-0.05, 0) is 49.8 Å². The van der Waals surface area contributed by atoms with Crippen LogP contribution >= 0.6 is 0 Å². The molecule has 1 amide bonds. The number of carbonyl (C=O) groups is 1. The van der Waals surface area contributed by atoms with Gasteiger partial charge in [-0.2, -0.15) is 0 Å². The van der Waals surface area contributed by atoms with Gasteiger partial charge in [-0.15, -0.1) is 0 Å². The van der Waals surface area contributed by atoms with E-state index in [4.69, 9.17) is 0 Å². The molecule has 0 radical (unpaired) electrons. The molecule has 0 aromatic heterocycles. The van der Waals surface area contributed by atoms with Gasteiger partial charge in [0, 0.05) is 6.04 Å². The normalized spacial score (nSPS) is 27.9. The van der Waals surface area contributed by atoms with Crippen LogP contribution in [0.1, 0.15) is 44.8 Å². The molecule has 2 aliphatic rings. The van der Waals surface area contributed by atoms with E-state index in [9.17, 15) is 9.18 Å². The average Bonchev–Trinajstić information content (AvgIpc) is 3.22. The monoisotopic (exact) mass is 276 g/mol. The van der Waals surface area contributed by atoms with Gasteiger partial charge in [-0.3, -0.25) is 10.1 Å². The Labute approximate surface area is 119 Å². The van der Waals surface area contributed by atoms with Crippen molar-refractivity contribution >= 4 is 5.91 Å². The van der Waals surface area contributed by atoms with Gasteiger partial charge in [-0.25, -0.2) is 4.39 Å². The Morgan fingerprint density at radius 3 is 2.80 bits per heavy atom. The lowest BCUT2D eigenvalue weighted by atomic mass is 10.1. The Morgan fingerprint density at radius 1 is 1.45 bits per heavy atom. The summed E-state index contributed by atoms with van der Waals surface area (Å²) in [6.45, 7) is 4.12. The SMILES string of the molecule is CCC1NC(c2cccc(F)c2)N(C(C)C2CC2)C1=O. The van der Waals surface area contributed by atoms with Crippen LogP contribution in [-0.4, -0.2) is 22.9 Å². The second-order valence-electron chi connectivity index (χ2n) is 5.91.